The second-order valence-electron chi connectivity index (χ2n) is 9.44. The molecule has 38 heavy (non-hydrogen) atoms. The Labute approximate surface area is 223 Å². The summed E-state index contributed by atoms with van der Waals surface area (Å²) in [4.78, 5) is 17.6. The summed E-state index contributed by atoms with van der Waals surface area (Å²) < 4.78 is 27.7. The van der Waals surface area contributed by atoms with Gasteiger partial charge in [0.25, 0.3) is 0 Å². The Morgan fingerprint density at radius 1 is 1.13 bits per heavy atom. The molecule has 9 heteroatoms. The second kappa shape index (κ2) is 9.24. The fourth-order valence-corrected chi connectivity index (χ4v) is 8.65. The number of anilines is 1. The van der Waals surface area contributed by atoms with E-state index >= 15 is 0 Å². The number of hydrogen-bond acceptors (Lipinski definition) is 6. The Morgan fingerprint density at radius 3 is 2.61 bits per heavy atom. The van der Waals surface area contributed by atoms with Gasteiger partial charge in [0.2, 0.25) is 0 Å². The summed E-state index contributed by atoms with van der Waals surface area (Å²) in [5.41, 5.74) is 5.72. The van der Waals surface area contributed by atoms with Gasteiger partial charge >= 0.3 is 13.5 Å². The Kier molecular flexibility index (Phi) is 5.99. The number of carboxylic acids is 1. The number of aromatic carboxylic acids is 1. The van der Waals surface area contributed by atoms with E-state index in [0.717, 1.165) is 38.2 Å². The smallest absolute Gasteiger partial charge is 0.348 e. The average molecular weight is 545 g/mol. The van der Waals surface area contributed by atoms with Crippen LogP contribution in [0.3, 0.4) is 0 Å². The van der Waals surface area contributed by atoms with Crippen molar-refractivity contribution in [3.05, 3.63) is 88.9 Å². The van der Waals surface area contributed by atoms with Crippen LogP contribution in [0.15, 0.2) is 77.3 Å². The quantitative estimate of drug-likeness (QED) is 0.235. The molecule has 0 bridgehead atoms. The van der Waals surface area contributed by atoms with Gasteiger partial charge in [0.05, 0.1) is 11.0 Å². The van der Waals surface area contributed by atoms with E-state index in [1.54, 1.807) is 10.9 Å². The molecule has 2 atom stereocenters. The van der Waals surface area contributed by atoms with Gasteiger partial charge in [0.15, 0.2) is 5.58 Å². The number of benzene rings is 2. The zero-order valence-corrected chi connectivity index (χ0v) is 22.8. The SMILES string of the molecule is COP1(=O)c2ccc(C)cc2CC(C)N1c1cc(-c2ccc(-c3cc4ncccc4o3)cc2)sc1C(=O)O. The van der Waals surface area contributed by atoms with E-state index in [9.17, 15) is 14.5 Å². The molecule has 4 heterocycles. The minimum atomic E-state index is -3.54. The summed E-state index contributed by atoms with van der Waals surface area (Å²) in [6.07, 6.45) is 2.36. The van der Waals surface area contributed by atoms with Gasteiger partial charge in [0.1, 0.15) is 16.2 Å². The van der Waals surface area contributed by atoms with Gasteiger partial charge in [-0.15, -0.1) is 11.3 Å². The maximum Gasteiger partial charge on any atom is 0.348 e. The molecule has 0 amide bonds. The van der Waals surface area contributed by atoms with Crippen LogP contribution >= 0.6 is 18.9 Å². The van der Waals surface area contributed by atoms with Crippen molar-refractivity contribution in [3.8, 4) is 21.8 Å². The van der Waals surface area contributed by atoms with Crippen LogP contribution in [0.5, 0.6) is 0 Å². The number of carboxylic acid groups (broad SMARTS) is 1. The lowest BCUT2D eigenvalue weighted by atomic mass is 10.0. The van der Waals surface area contributed by atoms with Crippen LogP contribution in [0, 0.1) is 6.92 Å². The van der Waals surface area contributed by atoms with Crippen LogP contribution < -0.4 is 9.97 Å². The van der Waals surface area contributed by atoms with Crippen molar-refractivity contribution in [1.29, 1.82) is 0 Å². The number of aromatic nitrogens is 1. The maximum absolute atomic E-state index is 14.4. The number of furan rings is 1. The van der Waals surface area contributed by atoms with Gasteiger partial charge in [-0.05, 0) is 55.7 Å². The first kappa shape index (κ1) is 24.6. The molecule has 2 unspecified atom stereocenters. The van der Waals surface area contributed by atoms with E-state index in [0.29, 0.717) is 23.2 Å². The number of fused-ring (bicyclic) bond motifs is 2. The molecule has 0 spiro atoms. The Hall–Kier alpha value is -3.71. The van der Waals surface area contributed by atoms with Crippen molar-refractivity contribution in [1.82, 2.24) is 4.98 Å². The molecule has 6 rings (SSSR count). The summed E-state index contributed by atoms with van der Waals surface area (Å²) in [6.45, 7) is 3.95. The zero-order chi connectivity index (χ0) is 26.6. The number of aryl methyl sites for hydroxylation is 1. The van der Waals surface area contributed by atoms with E-state index in [4.69, 9.17) is 8.94 Å². The van der Waals surface area contributed by atoms with Gasteiger partial charge in [-0.3, -0.25) is 14.2 Å². The van der Waals surface area contributed by atoms with E-state index in [2.05, 4.69) is 4.98 Å². The molecule has 2 aromatic carbocycles. The van der Waals surface area contributed by atoms with Crippen LogP contribution in [0.25, 0.3) is 32.9 Å². The van der Waals surface area contributed by atoms with E-state index in [1.165, 1.54) is 18.4 Å². The van der Waals surface area contributed by atoms with Crippen molar-refractivity contribution >= 4 is 46.9 Å². The first-order chi connectivity index (χ1) is 18.3. The fourth-order valence-electron chi connectivity index (χ4n) is 5.16. The third-order valence-corrected chi connectivity index (χ3v) is 10.8. The van der Waals surface area contributed by atoms with Crippen molar-refractivity contribution in [2.24, 2.45) is 0 Å². The van der Waals surface area contributed by atoms with Gasteiger partial charge in [0, 0.05) is 35.9 Å². The third kappa shape index (κ3) is 3.97. The van der Waals surface area contributed by atoms with Crippen LogP contribution in [-0.4, -0.2) is 29.2 Å². The minimum absolute atomic E-state index is 0.132. The van der Waals surface area contributed by atoms with E-state index in [1.807, 2.05) is 80.6 Å². The van der Waals surface area contributed by atoms with E-state index in [-0.39, 0.29) is 10.9 Å². The monoisotopic (exact) mass is 544 g/mol. The number of pyridine rings is 1. The molecular weight excluding hydrogens is 519 g/mol. The molecule has 192 valence electrons. The standard InChI is InChI=1S/C29H25N2O5PS/c1-17-6-11-26-21(13-17)14-18(2)31(37(26,34)35-3)23-16-27(38-28(23)29(32)33)20-9-7-19(8-10-20)25-15-22-24(36-25)5-4-12-30-22/h4-13,15-16,18H,14H2,1-3H3,(H,32,33). The van der Waals surface area contributed by atoms with Gasteiger partial charge in [-0.1, -0.05) is 42.0 Å². The summed E-state index contributed by atoms with van der Waals surface area (Å²) in [5, 5.41) is 10.7. The van der Waals surface area contributed by atoms with Crippen molar-refractivity contribution in [2.75, 3.05) is 11.8 Å². The molecule has 7 nitrogen and oxygen atoms in total. The van der Waals surface area contributed by atoms with Gasteiger partial charge in [-0.25, -0.2) is 4.79 Å². The highest BCUT2D eigenvalue weighted by molar-refractivity contribution is 7.68. The molecule has 3 aromatic heterocycles. The Bertz CT molecular complexity index is 1710. The van der Waals surface area contributed by atoms with E-state index < -0.39 is 13.5 Å². The van der Waals surface area contributed by atoms with Crippen molar-refractivity contribution in [2.45, 2.75) is 26.3 Å². The Balaban J connectivity index is 1.41. The minimum Gasteiger partial charge on any atom is -0.477 e. The highest BCUT2D eigenvalue weighted by atomic mass is 32.1. The number of carbonyl (C=O) groups is 1. The second-order valence-corrected chi connectivity index (χ2v) is 12.8. The van der Waals surface area contributed by atoms with Gasteiger partial charge < -0.3 is 14.0 Å². The molecule has 1 aliphatic heterocycles. The first-order valence-electron chi connectivity index (χ1n) is 12.2. The summed E-state index contributed by atoms with van der Waals surface area (Å²) in [7, 11) is -2.12. The highest BCUT2D eigenvalue weighted by Crippen LogP contribution is 2.58. The molecule has 0 saturated heterocycles. The largest absolute Gasteiger partial charge is 0.477 e. The normalized spacial score (nSPS) is 19.0. The number of nitrogens with zero attached hydrogens (tertiary/aromatic N) is 2. The molecule has 1 N–H and O–H groups in total. The maximum atomic E-state index is 14.4. The zero-order valence-electron chi connectivity index (χ0n) is 21.0. The summed E-state index contributed by atoms with van der Waals surface area (Å²) in [6, 6.07) is 20.7. The molecule has 0 fully saturated rings. The van der Waals surface area contributed by atoms with Gasteiger partial charge in [-0.2, -0.15) is 0 Å². The molecule has 5 aromatic rings. The predicted molar refractivity (Wildman–Crippen MR) is 151 cm³/mol. The molecule has 1 aliphatic rings. The lowest BCUT2D eigenvalue weighted by Crippen LogP contribution is -2.42. The van der Waals surface area contributed by atoms with Crippen LogP contribution in [-0.2, 0) is 15.5 Å². The molecule has 0 radical (unpaired) electrons. The lowest BCUT2D eigenvalue weighted by molar-refractivity contribution is 0.0703. The van der Waals surface area contributed by atoms with Crippen LogP contribution in [0.1, 0.15) is 27.7 Å². The first-order valence-corrected chi connectivity index (χ1v) is 14.6. The summed E-state index contributed by atoms with van der Waals surface area (Å²) in [5.74, 6) is -0.354. The van der Waals surface area contributed by atoms with Crippen LogP contribution in [0.2, 0.25) is 0 Å². The van der Waals surface area contributed by atoms with Crippen molar-refractivity contribution in [3.63, 3.8) is 0 Å². The molecule has 0 saturated carbocycles. The average Bonchev–Trinajstić information content (AvgIpc) is 3.53. The van der Waals surface area contributed by atoms with Crippen molar-refractivity contribution < 1.29 is 23.4 Å². The number of hydrogen-bond donors (Lipinski definition) is 1. The number of rotatable bonds is 5. The lowest BCUT2D eigenvalue weighted by Gasteiger charge is -2.41. The third-order valence-electron chi connectivity index (χ3n) is 6.90. The van der Waals surface area contributed by atoms with Crippen LogP contribution in [0.4, 0.5) is 5.69 Å². The number of thiophene rings is 1. The highest BCUT2D eigenvalue weighted by Gasteiger charge is 2.44. The molecular formula is C29H25N2O5PS. The molecule has 0 aliphatic carbocycles. The topological polar surface area (TPSA) is 92.9 Å². The fraction of sp³-hybridized carbons (Fsp3) is 0.172. The Morgan fingerprint density at radius 2 is 1.89 bits per heavy atom. The summed E-state index contributed by atoms with van der Waals surface area (Å²) >= 11 is 1.17. The predicted octanol–water partition coefficient (Wildman–Crippen LogP) is 7.15.